The summed E-state index contributed by atoms with van der Waals surface area (Å²) in [5.41, 5.74) is -0.112. The first-order valence-electron chi connectivity index (χ1n) is 5.91. The summed E-state index contributed by atoms with van der Waals surface area (Å²) >= 11 is 1.59. The molecule has 0 spiro atoms. The van der Waals surface area contributed by atoms with Gasteiger partial charge in [0.15, 0.2) is 0 Å². The van der Waals surface area contributed by atoms with Gasteiger partial charge in [0.05, 0.1) is 30.3 Å². The minimum atomic E-state index is -0.112. The standard InChI is InChI=1S/C14H20O3S/c1-14(2,3)17-10-9-16-11-13-7-6-12(18-13)5-4-8-15/h6-7,15H,8-11H2,1-3H3. The van der Waals surface area contributed by atoms with E-state index < -0.39 is 0 Å². The number of aliphatic hydroxyl groups is 1. The Morgan fingerprint density at radius 1 is 1.28 bits per heavy atom. The Bertz CT molecular complexity index is 407. The second-order valence-corrected chi connectivity index (χ2v) is 5.91. The molecule has 0 aromatic carbocycles. The molecule has 0 fully saturated rings. The van der Waals surface area contributed by atoms with E-state index in [4.69, 9.17) is 14.6 Å². The first-order chi connectivity index (χ1) is 8.51. The molecule has 0 aliphatic carbocycles. The molecule has 1 aromatic rings. The van der Waals surface area contributed by atoms with Crippen LogP contribution in [0.5, 0.6) is 0 Å². The van der Waals surface area contributed by atoms with Gasteiger partial charge in [0.2, 0.25) is 0 Å². The van der Waals surface area contributed by atoms with Crippen molar-refractivity contribution in [2.24, 2.45) is 0 Å². The molecule has 1 aromatic heterocycles. The summed E-state index contributed by atoms with van der Waals surface area (Å²) in [7, 11) is 0. The molecule has 100 valence electrons. The van der Waals surface area contributed by atoms with Gasteiger partial charge in [-0.15, -0.1) is 11.3 Å². The molecule has 0 atom stereocenters. The normalized spacial score (nSPS) is 11.1. The van der Waals surface area contributed by atoms with E-state index in [2.05, 4.69) is 11.8 Å². The van der Waals surface area contributed by atoms with Crippen LogP contribution in [0.1, 0.15) is 30.5 Å². The van der Waals surface area contributed by atoms with Crippen LogP contribution < -0.4 is 0 Å². The van der Waals surface area contributed by atoms with E-state index in [1.54, 1.807) is 11.3 Å². The Morgan fingerprint density at radius 3 is 2.72 bits per heavy atom. The molecule has 18 heavy (non-hydrogen) atoms. The lowest BCUT2D eigenvalue weighted by Gasteiger charge is -2.19. The van der Waals surface area contributed by atoms with Gasteiger partial charge in [0.1, 0.15) is 6.61 Å². The smallest absolute Gasteiger partial charge is 0.104 e. The van der Waals surface area contributed by atoms with Crippen LogP contribution in [0.4, 0.5) is 0 Å². The molecule has 1 N–H and O–H groups in total. The van der Waals surface area contributed by atoms with Crippen LogP contribution in [0, 0.1) is 11.8 Å². The quantitative estimate of drug-likeness (QED) is 0.658. The van der Waals surface area contributed by atoms with Crippen molar-refractivity contribution in [2.45, 2.75) is 33.0 Å². The number of thiophene rings is 1. The second kappa shape index (κ2) is 7.55. The van der Waals surface area contributed by atoms with Gasteiger partial charge in [-0.05, 0) is 32.9 Å². The minimum Gasteiger partial charge on any atom is -0.384 e. The van der Waals surface area contributed by atoms with Gasteiger partial charge in [0, 0.05) is 4.88 Å². The average molecular weight is 268 g/mol. The zero-order valence-corrected chi connectivity index (χ0v) is 12.0. The summed E-state index contributed by atoms with van der Waals surface area (Å²) in [6.45, 7) is 7.75. The third-order valence-corrected chi connectivity index (χ3v) is 2.93. The molecule has 4 heteroatoms. The molecule has 0 aliphatic heterocycles. The van der Waals surface area contributed by atoms with Crippen molar-refractivity contribution in [1.29, 1.82) is 0 Å². The molecule has 0 amide bonds. The Balaban J connectivity index is 2.21. The summed E-state index contributed by atoms with van der Waals surface area (Å²) in [6, 6.07) is 3.94. The van der Waals surface area contributed by atoms with Crippen molar-refractivity contribution in [2.75, 3.05) is 19.8 Å². The molecule has 0 unspecified atom stereocenters. The van der Waals surface area contributed by atoms with E-state index >= 15 is 0 Å². The summed E-state index contributed by atoms with van der Waals surface area (Å²) in [5.74, 6) is 5.50. The van der Waals surface area contributed by atoms with E-state index in [-0.39, 0.29) is 12.2 Å². The van der Waals surface area contributed by atoms with Gasteiger partial charge in [-0.3, -0.25) is 0 Å². The van der Waals surface area contributed by atoms with Crippen molar-refractivity contribution in [1.82, 2.24) is 0 Å². The minimum absolute atomic E-state index is 0.103. The van der Waals surface area contributed by atoms with E-state index in [1.807, 2.05) is 32.9 Å². The summed E-state index contributed by atoms with van der Waals surface area (Å²) in [6.07, 6.45) is 0. The first kappa shape index (κ1) is 15.2. The van der Waals surface area contributed by atoms with Crippen LogP contribution in [-0.4, -0.2) is 30.5 Å². The van der Waals surface area contributed by atoms with Gasteiger partial charge in [0.25, 0.3) is 0 Å². The molecule has 1 heterocycles. The molecule has 0 bridgehead atoms. The van der Waals surface area contributed by atoms with Crippen LogP contribution in [0.2, 0.25) is 0 Å². The number of hydrogen-bond acceptors (Lipinski definition) is 4. The van der Waals surface area contributed by atoms with Gasteiger partial charge >= 0.3 is 0 Å². The summed E-state index contributed by atoms with van der Waals surface area (Å²) in [4.78, 5) is 2.08. The second-order valence-electron chi connectivity index (χ2n) is 4.74. The van der Waals surface area contributed by atoms with E-state index in [0.29, 0.717) is 19.8 Å². The maximum absolute atomic E-state index is 8.59. The molecule has 0 radical (unpaired) electrons. The van der Waals surface area contributed by atoms with Crippen LogP contribution in [-0.2, 0) is 16.1 Å². The Morgan fingerprint density at radius 2 is 2.06 bits per heavy atom. The molecule has 0 saturated carbocycles. The van der Waals surface area contributed by atoms with Crippen molar-refractivity contribution >= 4 is 11.3 Å². The molecule has 3 nitrogen and oxygen atoms in total. The molecule has 0 aliphatic rings. The Kier molecular flexibility index (Phi) is 6.37. The topological polar surface area (TPSA) is 38.7 Å². The van der Waals surface area contributed by atoms with Gasteiger partial charge < -0.3 is 14.6 Å². The lowest BCUT2D eigenvalue weighted by atomic mass is 10.2. The Hall–Kier alpha value is -0.860. The number of ether oxygens (including phenoxy) is 2. The van der Waals surface area contributed by atoms with Crippen molar-refractivity contribution in [3.8, 4) is 11.8 Å². The number of rotatable bonds is 5. The lowest BCUT2D eigenvalue weighted by molar-refractivity contribution is -0.0373. The van der Waals surface area contributed by atoms with Gasteiger partial charge in [-0.1, -0.05) is 11.8 Å². The number of aliphatic hydroxyl groups excluding tert-OH is 1. The summed E-state index contributed by atoms with van der Waals surface area (Å²) < 4.78 is 11.1. The Labute approximate surface area is 113 Å². The van der Waals surface area contributed by atoms with E-state index in [1.165, 1.54) is 0 Å². The highest BCUT2D eigenvalue weighted by atomic mass is 32.1. The maximum atomic E-state index is 8.59. The third-order valence-electron chi connectivity index (χ3n) is 1.96. The van der Waals surface area contributed by atoms with Crippen LogP contribution >= 0.6 is 11.3 Å². The predicted molar refractivity (Wildman–Crippen MR) is 73.6 cm³/mol. The average Bonchev–Trinajstić information content (AvgIpc) is 2.72. The first-order valence-corrected chi connectivity index (χ1v) is 6.73. The van der Waals surface area contributed by atoms with E-state index in [0.717, 1.165) is 9.75 Å². The fourth-order valence-corrected chi connectivity index (χ4v) is 2.05. The molecule has 1 rings (SSSR count). The van der Waals surface area contributed by atoms with Gasteiger partial charge in [-0.2, -0.15) is 0 Å². The monoisotopic (exact) mass is 268 g/mol. The van der Waals surface area contributed by atoms with Crippen molar-refractivity contribution in [3.63, 3.8) is 0 Å². The third kappa shape index (κ3) is 6.77. The van der Waals surface area contributed by atoms with Crippen LogP contribution in [0.25, 0.3) is 0 Å². The fraction of sp³-hybridized carbons (Fsp3) is 0.571. The zero-order valence-electron chi connectivity index (χ0n) is 11.2. The number of hydrogen-bond donors (Lipinski definition) is 1. The maximum Gasteiger partial charge on any atom is 0.104 e. The molecular formula is C14H20O3S. The highest BCUT2D eigenvalue weighted by Gasteiger charge is 2.09. The zero-order chi connectivity index (χ0) is 13.4. The van der Waals surface area contributed by atoms with Crippen LogP contribution in [0.3, 0.4) is 0 Å². The highest BCUT2D eigenvalue weighted by Crippen LogP contribution is 2.16. The molecule has 0 saturated heterocycles. The summed E-state index contributed by atoms with van der Waals surface area (Å²) in [5, 5.41) is 8.59. The largest absolute Gasteiger partial charge is 0.384 e. The predicted octanol–water partition coefficient (Wildman–Crippen LogP) is 2.42. The van der Waals surface area contributed by atoms with Crippen molar-refractivity contribution in [3.05, 3.63) is 21.9 Å². The fourth-order valence-electron chi connectivity index (χ4n) is 1.23. The highest BCUT2D eigenvalue weighted by molar-refractivity contribution is 7.12. The molecular weight excluding hydrogens is 248 g/mol. The lowest BCUT2D eigenvalue weighted by Crippen LogP contribution is -2.21. The van der Waals surface area contributed by atoms with Crippen LogP contribution in [0.15, 0.2) is 12.1 Å². The van der Waals surface area contributed by atoms with Crippen molar-refractivity contribution < 1.29 is 14.6 Å². The SMILES string of the molecule is CC(C)(C)OCCOCc1ccc(C#CCO)s1. The van der Waals surface area contributed by atoms with Gasteiger partial charge in [-0.25, -0.2) is 0 Å². The van der Waals surface area contributed by atoms with E-state index in [9.17, 15) is 0 Å².